The Labute approximate surface area is 150 Å². The Morgan fingerprint density at radius 2 is 1.92 bits per heavy atom. The largest absolute Gasteiger partial charge is 0.376 e. The predicted octanol–water partition coefficient (Wildman–Crippen LogP) is 2.78. The highest BCUT2D eigenvalue weighted by Gasteiger charge is 2.23. The van der Waals surface area contributed by atoms with Gasteiger partial charge in [0.2, 0.25) is 5.91 Å². The number of piperidine rings is 1. The number of benzene rings is 1. The lowest BCUT2D eigenvalue weighted by Crippen LogP contribution is -2.42. The summed E-state index contributed by atoms with van der Waals surface area (Å²) in [7, 11) is 0. The van der Waals surface area contributed by atoms with E-state index in [0.29, 0.717) is 13.2 Å². The lowest BCUT2D eigenvalue weighted by atomic mass is 10.1. The van der Waals surface area contributed by atoms with E-state index >= 15 is 0 Å². The smallest absolute Gasteiger partial charge is 0.248 e. The summed E-state index contributed by atoms with van der Waals surface area (Å²) < 4.78 is 17.2. The monoisotopic (exact) mass is 347 g/mol. The van der Waals surface area contributed by atoms with Crippen molar-refractivity contribution in [2.24, 2.45) is 0 Å². The molecule has 5 nitrogen and oxygen atoms in total. The van der Waals surface area contributed by atoms with Crippen LogP contribution in [-0.4, -0.2) is 55.9 Å². The molecular weight excluding hydrogens is 318 g/mol. The Kier molecular flexibility index (Phi) is 7.27. The quantitative estimate of drug-likeness (QED) is 0.761. The maximum Gasteiger partial charge on any atom is 0.248 e. The summed E-state index contributed by atoms with van der Waals surface area (Å²) in [5.41, 5.74) is 1.19. The van der Waals surface area contributed by atoms with E-state index in [0.717, 1.165) is 45.4 Å². The number of likely N-dealkylation sites (tertiary alicyclic amines) is 1. The molecule has 0 aliphatic carbocycles. The lowest BCUT2D eigenvalue weighted by molar-refractivity contribution is -0.140. The third-order valence-corrected chi connectivity index (χ3v) is 4.93. The second-order valence-electron chi connectivity index (χ2n) is 6.88. The van der Waals surface area contributed by atoms with Gasteiger partial charge in [-0.25, -0.2) is 0 Å². The van der Waals surface area contributed by atoms with Gasteiger partial charge in [0.05, 0.1) is 25.4 Å². The minimum atomic E-state index is 0.0809. The van der Waals surface area contributed by atoms with E-state index in [1.165, 1.54) is 12.0 Å². The van der Waals surface area contributed by atoms with Crippen molar-refractivity contribution in [1.29, 1.82) is 0 Å². The average Bonchev–Trinajstić information content (AvgIpc) is 2.68. The molecule has 2 fully saturated rings. The molecule has 0 N–H and O–H groups in total. The van der Waals surface area contributed by atoms with Gasteiger partial charge in [-0.1, -0.05) is 30.3 Å². The molecular formula is C20H29NO4. The number of nitrogens with zero attached hydrogens (tertiary/aromatic N) is 1. The summed E-state index contributed by atoms with van der Waals surface area (Å²) in [6.07, 6.45) is 5.56. The highest BCUT2D eigenvalue weighted by atomic mass is 16.5. The van der Waals surface area contributed by atoms with E-state index in [2.05, 4.69) is 12.1 Å². The van der Waals surface area contributed by atoms with Gasteiger partial charge in [0, 0.05) is 19.7 Å². The number of ether oxygens (including phenoxy) is 3. The van der Waals surface area contributed by atoms with Crippen molar-refractivity contribution in [3.63, 3.8) is 0 Å². The highest BCUT2D eigenvalue weighted by molar-refractivity contribution is 5.77. The fraction of sp³-hybridized carbons (Fsp3) is 0.650. The van der Waals surface area contributed by atoms with Gasteiger partial charge in [-0.05, 0) is 37.7 Å². The standard InChI is InChI=1S/C20H29NO4/c22-20(16-23-15-19-8-4-5-13-24-19)21-11-9-18(10-12-21)25-14-17-6-2-1-3-7-17/h1-3,6-7,18-19H,4-5,8-16H2. The van der Waals surface area contributed by atoms with Crippen LogP contribution in [0.1, 0.15) is 37.7 Å². The van der Waals surface area contributed by atoms with E-state index in [-0.39, 0.29) is 24.7 Å². The number of hydrogen-bond acceptors (Lipinski definition) is 4. The zero-order chi connectivity index (χ0) is 17.3. The van der Waals surface area contributed by atoms with Gasteiger partial charge in [0.15, 0.2) is 0 Å². The summed E-state index contributed by atoms with van der Waals surface area (Å²) in [5.74, 6) is 0.0809. The predicted molar refractivity (Wildman–Crippen MR) is 95.2 cm³/mol. The van der Waals surface area contributed by atoms with Crippen LogP contribution in [0.25, 0.3) is 0 Å². The topological polar surface area (TPSA) is 48.0 Å². The number of amides is 1. The van der Waals surface area contributed by atoms with Crippen molar-refractivity contribution in [3.8, 4) is 0 Å². The molecule has 2 aliphatic heterocycles. The lowest BCUT2D eigenvalue weighted by Gasteiger charge is -2.32. The maximum absolute atomic E-state index is 12.2. The molecule has 25 heavy (non-hydrogen) atoms. The minimum absolute atomic E-state index is 0.0809. The molecule has 1 aromatic carbocycles. The molecule has 0 aromatic heterocycles. The molecule has 3 rings (SSSR count). The SMILES string of the molecule is O=C(COCC1CCCCO1)N1CCC(OCc2ccccc2)CC1. The summed E-state index contributed by atoms with van der Waals surface area (Å²) in [5, 5.41) is 0. The van der Waals surface area contributed by atoms with E-state index in [9.17, 15) is 4.79 Å². The maximum atomic E-state index is 12.2. The van der Waals surface area contributed by atoms with Crippen LogP contribution in [0.15, 0.2) is 30.3 Å². The zero-order valence-corrected chi connectivity index (χ0v) is 14.9. The molecule has 0 radical (unpaired) electrons. The minimum Gasteiger partial charge on any atom is -0.376 e. The molecule has 1 amide bonds. The van der Waals surface area contributed by atoms with E-state index in [4.69, 9.17) is 14.2 Å². The average molecular weight is 347 g/mol. The van der Waals surface area contributed by atoms with Crippen molar-refractivity contribution < 1.29 is 19.0 Å². The highest BCUT2D eigenvalue weighted by Crippen LogP contribution is 2.16. The van der Waals surface area contributed by atoms with Crippen molar-refractivity contribution in [2.45, 2.75) is 50.9 Å². The van der Waals surface area contributed by atoms with E-state index < -0.39 is 0 Å². The first-order valence-corrected chi connectivity index (χ1v) is 9.44. The second kappa shape index (κ2) is 9.90. The van der Waals surface area contributed by atoms with Gasteiger partial charge in [0.1, 0.15) is 6.61 Å². The third-order valence-electron chi connectivity index (χ3n) is 4.93. The fourth-order valence-corrected chi connectivity index (χ4v) is 3.37. The summed E-state index contributed by atoms with van der Waals surface area (Å²) in [6, 6.07) is 10.2. The normalized spacial score (nSPS) is 22.1. The first-order valence-electron chi connectivity index (χ1n) is 9.44. The Bertz CT molecular complexity index is 508. The van der Waals surface area contributed by atoms with Gasteiger partial charge in [0.25, 0.3) is 0 Å². The van der Waals surface area contributed by atoms with Crippen LogP contribution >= 0.6 is 0 Å². The van der Waals surface area contributed by atoms with Crippen LogP contribution in [-0.2, 0) is 25.6 Å². The third kappa shape index (κ3) is 6.10. The van der Waals surface area contributed by atoms with Crippen molar-refractivity contribution in [1.82, 2.24) is 4.90 Å². The molecule has 1 atom stereocenters. The van der Waals surface area contributed by atoms with Crippen LogP contribution in [0.4, 0.5) is 0 Å². The number of hydrogen-bond donors (Lipinski definition) is 0. The first-order chi connectivity index (χ1) is 12.3. The van der Waals surface area contributed by atoms with Crippen molar-refractivity contribution in [2.75, 3.05) is 32.9 Å². The Morgan fingerprint density at radius 1 is 1.12 bits per heavy atom. The Balaban J connectivity index is 1.29. The molecule has 0 spiro atoms. The van der Waals surface area contributed by atoms with Crippen LogP contribution < -0.4 is 0 Å². The fourth-order valence-electron chi connectivity index (χ4n) is 3.37. The van der Waals surface area contributed by atoms with E-state index in [1.807, 2.05) is 23.1 Å². The summed E-state index contributed by atoms with van der Waals surface area (Å²) in [4.78, 5) is 14.1. The molecule has 5 heteroatoms. The van der Waals surface area contributed by atoms with Crippen LogP contribution in [0.2, 0.25) is 0 Å². The van der Waals surface area contributed by atoms with Gasteiger partial charge in [-0.2, -0.15) is 0 Å². The first kappa shape index (κ1) is 18.4. The van der Waals surface area contributed by atoms with Gasteiger partial charge < -0.3 is 19.1 Å². The number of carbonyl (C=O) groups excluding carboxylic acids is 1. The molecule has 2 saturated heterocycles. The van der Waals surface area contributed by atoms with Gasteiger partial charge in [-0.3, -0.25) is 4.79 Å². The number of rotatable bonds is 7. The molecule has 0 saturated carbocycles. The molecule has 138 valence electrons. The molecule has 2 aliphatic rings. The van der Waals surface area contributed by atoms with Crippen molar-refractivity contribution >= 4 is 5.91 Å². The Morgan fingerprint density at radius 3 is 2.64 bits per heavy atom. The molecule has 2 heterocycles. The van der Waals surface area contributed by atoms with Crippen LogP contribution in [0.5, 0.6) is 0 Å². The van der Waals surface area contributed by atoms with Crippen LogP contribution in [0, 0.1) is 0 Å². The van der Waals surface area contributed by atoms with E-state index in [1.54, 1.807) is 0 Å². The van der Waals surface area contributed by atoms with Crippen LogP contribution in [0.3, 0.4) is 0 Å². The number of carbonyl (C=O) groups is 1. The molecule has 1 aromatic rings. The van der Waals surface area contributed by atoms with Crippen molar-refractivity contribution in [3.05, 3.63) is 35.9 Å². The second-order valence-corrected chi connectivity index (χ2v) is 6.88. The van der Waals surface area contributed by atoms with Gasteiger partial charge >= 0.3 is 0 Å². The van der Waals surface area contributed by atoms with Gasteiger partial charge in [-0.15, -0.1) is 0 Å². The molecule has 0 bridgehead atoms. The zero-order valence-electron chi connectivity index (χ0n) is 14.9. The Hall–Kier alpha value is -1.43. The summed E-state index contributed by atoms with van der Waals surface area (Å²) in [6.45, 7) is 3.66. The summed E-state index contributed by atoms with van der Waals surface area (Å²) >= 11 is 0. The molecule has 1 unspecified atom stereocenters.